The van der Waals surface area contributed by atoms with Crippen molar-refractivity contribution >= 4 is 23.7 Å². The first-order valence-electron chi connectivity index (χ1n) is 6.98. The van der Waals surface area contributed by atoms with E-state index in [-0.39, 0.29) is 11.3 Å². The number of aromatic nitrogens is 4. The maximum atomic E-state index is 13.7. The first-order valence-corrected chi connectivity index (χ1v) is 7.36. The predicted molar refractivity (Wildman–Crippen MR) is 80.6 cm³/mol. The minimum atomic E-state index is -4.72. The number of carbonyl (C=O) groups is 1. The number of hydrazone groups is 1. The van der Waals surface area contributed by atoms with E-state index >= 15 is 0 Å². The molecular weight excluding hydrogens is 368 g/mol. The van der Waals surface area contributed by atoms with E-state index in [1.165, 1.54) is 13.1 Å². The maximum Gasteiger partial charge on any atom is 0.436 e. The molecule has 7 nitrogen and oxygen atoms in total. The number of nitrogens with one attached hydrogen (secondary N) is 1. The van der Waals surface area contributed by atoms with Crippen LogP contribution in [0.25, 0.3) is 0 Å². The first kappa shape index (κ1) is 18.9. The fourth-order valence-corrected chi connectivity index (χ4v) is 2.14. The lowest BCUT2D eigenvalue weighted by Crippen LogP contribution is -2.24. The summed E-state index contributed by atoms with van der Waals surface area (Å²) in [5.41, 5.74) is 0.848. The Hall–Kier alpha value is -2.43. The van der Waals surface area contributed by atoms with Crippen LogP contribution in [0.15, 0.2) is 11.3 Å². The van der Waals surface area contributed by atoms with Gasteiger partial charge in [0, 0.05) is 6.54 Å². The van der Waals surface area contributed by atoms with Crippen LogP contribution in [0.1, 0.15) is 23.9 Å². The highest BCUT2D eigenvalue weighted by Crippen LogP contribution is 2.35. The van der Waals surface area contributed by atoms with Gasteiger partial charge in [-0.05, 0) is 13.8 Å². The minimum absolute atomic E-state index is 0.0108. The fraction of sp³-hybridized carbons (Fsp3) is 0.385. The third-order valence-corrected chi connectivity index (χ3v) is 3.64. The number of alkyl halides is 3. The molecule has 136 valence electrons. The van der Waals surface area contributed by atoms with Crippen molar-refractivity contribution in [3.05, 3.63) is 34.1 Å². The molecule has 0 aliphatic heterocycles. The molecule has 2 aromatic rings. The molecule has 2 rings (SSSR count). The van der Waals surface area contributed by atoms with Gasteiger partial charge in [0.25, 0.3) is 5.91 Å². The summed E-state index contributed by atoms with van der Waals surface area (Å²) < 4.78 is 53.7. The highest BCUT2D eigenvalue weighted by molar-refractivity contribution is 6.32. The van der Waals surface area contributed by atoms with Crippen molar-refractivity contribution < 1.29 is 22.4 Å². The van der Waals surface area contributed by atoms with Gasteiger partial charge in [0.15, 0.2) is 5.69 Å². The second-order valence-corrected chi connectivity index (χ2v) is 5.28. The largest absolute Gasteiger partial charge is 0.436 e. The Morgan fingerprint density at radius 2 is 2.12 bits per heavy atom. The Morgan fingerprint density at radius 3 is 2.64 bits per heavy atom. The van der Waals surface area contributed by atoms with Gasteiger partial charge in [0.2, 0.25) is 5.95 Å². The van der Waals surface area contributed by atoms with Crippen LogP contribution in [-0.2, 0) is 24.1 Å². The quantitative estimate of drug-likeness (QED) is 0.491. The lowest BCUT2D eigenvalue weighted by molar-refractivity contribution is -0.141. The third kappa shape index (κ3) is 4.16. The highest BCUT2D eigenvalue weighted by atomic mass is 35.5. The molecule has 0 saturated carbocycles. The molecule has 0 bridgehead atoms. The topological polar surface area (TPSA) is 77.1 Å². The highest BCUT2D eigenvalue weighted by Gasteiger charge is 2.38. The molecule has 2 heterocycles. The number of carbonyl (C=O) groups excluding carboxylic acids is 1. The summed E-state index contributed by atoms with van der Waals surface area (Å²) in [6.45, 7) is 2.80. The van der Waals surface area contributed by atoms with E-state index in [1.54, 1.807) is 6.92 Å². The van der Waals surface area contributed by atoms with E-state index in [4.69, 9.17) is 11.6 Å². The zero-order chi connectivity index (χ0) is 18.8. The number of nitrogens with zero attached hydrogens (tertiary/aromatic N) is 5. The summed E-state index contributed by atoms with van der Waals surface area (Å²) in [6.07, 6.45) is -2.46. The molecule has 0 saturated heterocycles. The summed E-state index contributed by atoms with van der Waals surface area (Å²) in [5, 5.41) is 10.0. The summed E-state index contributed by atoms with van der Waals surface area (Å²) >= 11 is 5.58. The Kier molecular flexibility index (Phi) is 5.45. The van der Waals surface area contributed by atoms with Gasteiger partial charge >= 0.3 is 6.18 Å². The van der Waals surface area contributed by atoms with Crippen molar-refractivity contribution in [3.63, 3.8) is 0 Å². The lowest BCUT2D eigenvalue weighted by Gasteiger charge is -2.03. The Balaban J connectivity index is 2.03. The average Bonchev–Trinajstić information content (AvgIpc) is 3.02. The number of aryl methyl sites for hydroxylation is 1. The van der Waals surface area contributed by atoms with Crippen molar-refractivity contribution in [2.45, 2.75) is 33.1 Å². The van der Waals surface area contributed by atoms with Gasteiger partial charge in [-0.2, -0.15) is 32.9 Å². The molecule has 0 radical (unpaired) electrons. The van der Waals surface area contributed by atoms with Crippen LogP contribution in [0.3, 0.4) is 0 Å². The van der Waals surface area contributed by atoms with Crippen molar-refractivity contribution in [2.75, 3.05) is 0 Å². The van der Waals surface area contributed by atoms with Gasteiger partial charge in [0.05, 0.1) is 28.7 Å². The smallest absolute Gasteiger partial charge is 0.271 e. The van der Waals surface area contributed by atoms with Gasteiger partial charge in [0.1, 0.15) is 6.54 Å². The van der Waals surface area contributed by atoms with E-state index in [0.29, 0.717) is 6.54 Å². The molecule has 2 aromatic heterocycles. The zero-order valence-electron chi connectivity index (χ0n) is 13.1. The SMILES string of the molecule is CCn1ncc(/C=N\NC(=O)Cn2nc(C(F)(F)F)c(Cl)c2C)c1F. The number of hydrogen-bond acceptors (Lipinski definition) is 4. The van der Waals surface area contributed by atoms with Crippen LogP contribution in [0.2, 0.25) is 5.02 Å². The second kappa shape index (κ2) is 7.21. The van der Waals surface area contributed by atoms with E-state index in [0.717, 1.165) is 15.6 Å². The normalized spacial score (nSPS) is 12.1. The fourth-order valence-electron chi connectivity index (χ4n) is 1.90. The molecule has 0 unspecified atom stereocenters. The van der Waals surface area contributed by atoms with E-state index in [2.05, 4.69) is 20.7 Å². The summed E-state index contributed by atoms with van der Waals surface area (Å²) in [6, 6.07) is 0. The van der Waals surface area contributed by atoms with Crippen LogP contribution in [0.4, 0.5) is 17.6 Å². The third-order valence-electron chi connectivity index (χ3n) is 3.19. The molecule has 0 aromatic carbocycles. The molecule has 0 aliphatic carbocycles. The Morgan fingerprint density at radius 1 is 1.44 bits per heavy atom. The number of halogens is 5. The summed E-state index contributed by atoms with van der Waals surface area (Å²) in [5.74, 6) is -1.37. The van der Waals surface area contributed by atoms with E-state index < -0.39 is 35.3 Å². The van der Waals surface area contributed by atoms with Gasteiger partial charge in [-0.1, -0.05) is 11.6 Å². The van der Waals surface area contributed by atoms with E-state index in [1.807, 2.05) is 0 Å². The van der Waals surface area contributed by atoms with Crippen LogP contribution in [-0.4, -0.2) is 31.7 Å². The van der Waals surface area contributed by atoms with Crippen molar-refractivity contribution in [3.8, 4) is 0 Å². The average molecular weight is 381 g/mol. The van der Waals surface area contributed by atoms with Gasteiger partial charge in [-0.15, -0.1) is 0 Å². The molecule has 25 heavy (non-hydrogen) atoms. The Labute approximate surface area is 144 Å². The lowest BCUT2D eigenvalue weighted by atomic mass is 10.3. The molecular formula is C13H13ClF4N6O. The summed E-state index contributed by atoms with van der Waals surface area (Å²) in [7, 11) is 0. The standard InChI is InChI=1S/C13H13ClF4N6O/c1-3-23-12(15)8(5-20-23)4-19-21-9(25)6-24-7(2)10(14)11(22-24)13(16,17)18/h4-5H,3,6H2,1-2H3,(H,21,25)/b19-4-. The van der Waals surface area contributed by atoms with Gasteiger partial charge in [-0.25, -0.2) is 10.1 Å². The van der Waals surface area contributed by atoms with Crippen molar-refractivity contribution in [1.29, 1.82) is 0 Å². The van der Waals surface area contributed by atoms with Crippen molar-refractivity contribution in [1.82, 2.24) is 25.0 Å². The van der Waals surface area contributed by atoms with Crippen LogP contribution < -0.4 is 5.43 Å². The number of amides is 1. The van der Waals surface area contributed by atoms with Crippen molar-refractivity contribution in [2.24, 2.45) is 5.10 Å². The molecule has 1 N–H and O–H groups in total. The summed E-state index contributed by atoms with van der Waals surface area (Å²) in [4.78, 5) is 11.7. The van der Waals surface area contributed by atoms with Crippen LogP contribution in [0, 0.1) is 12.9 Å². The number of rotatable bonds is 5. The predicted octanol–water partition coefficient (Wildman–Crippen LogP) is 2.37. The molecule has 12 heteroatoms. The maximum absolute atomic E-state index is 13.7. The second-order valence-electron chi connectivity index (χ2n) is 4.90. The molecule has 1 amide bonds. The zero-order valence-corrected chi connectivity index (χ0v) is 13.9. The molecule has 0 aliphatic rings. The monoisotopic (exact) mass is 380 g/mol. The van der Waals surface area contributed by atoms with Crippen LogP contribution >= 0.6 is 11.6 Å². The van der Waals surface area contributed by atoms with E-state index in [9.17, 15) is 22.4 Å². The minimum Gasteiger partial charge on any atom is -0.271 e. The van der Waals surface area contributed by atoms with Gasteiger partial charge in [-0.3, -0.25) is 9.48 Å². The molecule has 0 atom stereocenters. The molecule has 0 spiro atoms. The molecule has 0 fully saturated rings. The van der Waals surface area contributed by atoms with Crippen LogP contribution in [0.5, 0.6) is 0 Å². The Bertz CT molecular complexity index is 810. The first-order chi connectivity index (χ1) is 11.6. The number of hydrogen-bond donors (Lipinski definition) is 1. The van der Waals surface area contributed by atoms with Gasteiger partial charge < -0.3 is 0 Å².